The molecule has 3 unspecified atom stereocenters. The molecule has 2 bridgehead atoms. The number of amides is 3. The summed E-state index contributed by atoms with van der Waals surface area (Å²) in [5, 5.41) is 16.9. The number of rotatable bonds is 8. The molecule has 0 aromatic heterocycles. The number of nitrogens with one attached hydrogen (secondary N) is 2. The van der Waals surface area contributed by atoms with E-state index in [0.29, 0.717) is 17.3 Å². The Morgan fingerprint density at radius 2 is 1.86 bits per heavy atom. The van der Waals surface area contributed by atoms with E-state index in [0.717, 1.165) is 18.4 Å². The molecule has 0 saturated carbocycles. The average molecular weight is 542 g/mol. The number of para-hydroxylation sites is 1. The van der Waals surface area contributed by atoms with E-state index in [-0.39, 0.29) is 35.5 Å². The van der Waals surface area contributed by atoms with Crippen LogP contribution in [0.5, 0.6) is 0 Å². The SMILES string of the molecule is CCCNC(=O)[C@@H]1[C@@H]2CC(C)C3(S2)C(C(=O)Nc2ccccc2Cl)N([C@H](CO)c2ccccc2)C(=O)[C@H]13. The molecule has 1 spiro atoms. The molecular formula is C28H32ClN3O4S. The fraction of sp³-hybridized carbons (Fsp3) is 0.464. The van der Waals surface area contributed by atoms with E-state index in [4.69, 9.17) is 11.6 Å². The molecule has 0 radical (unpaired) electrons. The summed E-state index contributed by atoms with van der Waals surface area (Å²) in [6.45, 7) is 4.26. The summed E-state index contributed by atoms with van der Waals surface area (Å²) in [6.07, 6.45) is 1.55. The van der Waals surface area contributed by atoms with E-state index in [9.17, 15) is 19.5 Å². The van der Waals surface area contributed by atoms with Crippen LogP contribution in [0.2, 0.25) is 5.02 Å². The highest BCUT2D eigenvalue weighted by atomic mass is 35.5. The van der Waals surface area contributed by atoms with Crippen LogP contribution in [-0.2, 0) is 14.4 Å². The molecule has 3 heterocycles. The molecule has 3 N–H and O–H groups in total. The summed E-state index contributed by atoms with van der Waals surface area (Å²) < 4.78 is -0.788. The standard InChI is InChI=1S/C28H32ClN3O4S/c1-3-13-30-25(34)22-21-14-16(2)28(37-21)23(22)27(36)32(20(15-33)17-9-5-4-6-10-17)24(28)26(35)31-19-12-8-7-11-18(19)29/h4-12,16,20-24,33H,3,13-15H2,1-2H3,(H,30,34)(H,31,35)/t16?,20-,21+,22-,23+,24?,28?/m1/s1. The molecule has 2 aromatic carbocycles. The molecule has 3 aliphatic heterocycles. The van der Waals surface area contributed by atoms with Crippen molar-refractivity contribution in [2.75, 3.05) is 18.5 Å². The van der Waals surface area contributed by atoms with Crippen LogP contribution in [0.1, 0.15) is 38.3 Å². The number of likely N-dealkylation sites (tertiary alicyclic amines) is 1. The van der Waals surface area contributed by atoms with Gasteiger partial charge in [0.15, 0.2) is 0 Å². The largest absolute Gasteiger partial charge is 0.394 e. The summed E-state index contributed by atoms with van der Waals surface area (Å²) in [6, 6.07) is 14.6. The second-order valence-corrected chi connectivity index (χ2v) is 12.1. The zero-order valence-corrected chi connectivity index (χ0v) is 22.5. The van der Waals surface area contributed by atoms with Crippen molar-refractivity contribution in [3.05, 3.63) is 65.2 Å². The minimum atomic E-state index is -0.882. The highest BCUT2D eigenvalue weighted by Crippen LogP contribution is 2.69. The number of anilines is 1. The van der Waals surface area contributed by atoms with Gasteiger partial charge in [-0.05, 0) is 36.5 Å². The van der Waals surface area contributed by atoms with Crippen molar-refractivity contribution in [3.63, 3.8) is 0 Å². The molecule has 3 amide bonds. The van der Waals surface area contributed by atoms with Crippen molar-refractivity contribution < 1.29 is 19.5 Å². The summed E-state index contributed by atoms with van der Waals surface area (Å²) in [5.74, 6) is -1.88. The Labute approximate surface area is 226 Å². The topological polar surface area (TPSA) is 98.7 Å². The molecule has 2 aromatic rings. The van der Waals surface area contributed by atoms with Gasteiger partial charge in [0.25, 0.3) is 0 Å². The summed E-state index contributed by atoms with van der Waals surface area (Å²) in [7, 11) is 0. The van der Waals surface area contributed by atoms with Crippen LogP contribution in [-0.4, -0.2) is 56.9 Å². The molecule has 3 aliphatic rings. The molecule has 3 saturated heterocycles. The lowest BCUT2D eigenvalue weighted by Gasteiger charge is -2.40. The Morgan fingerprint density at radius 1 is 1.16 bits per heavy atom. The Morgan fingerprint density at radius 3 is 2.54 bits per heavy atom. The number of carbonyl (C=O) groups excluding carboxylic acids is 3. The maximum absolute atomic E-state index is 14.3. The predicted octanol–water partition coefficient (Wildman–Crippen LogP) is 3.88. The van der Waals surface area contributed by atoms with Crippen molar-refractivity contribution in [1.82, 2.24) is 10.2 Å². The molecule has 37 heavy (non-hydrogen) atoms. The molecular weight excluding hydrogens is 510 g/mol. The highest BCUT2D eigenvalue weighted by molar-refractivity contribution is 8.02. The van der Waals surface area contributed by atoms with Crippen LogP contribution in [0.15, 0.2) is 54.6 Å². The van der Waals surface area contributed by atoms with Crippen LogP contribution in [0.3, 0.4) is 0 Å². The fourth-order valence-corrected chi connectivity index (χ4v) is 9.15. The minimum absolute atomic E-state index is 0.0220. The van der Waals surface area contributed by atoms with E-state index in [1.807, 2.05) is 37.3 Å². The van der Waals surface area contributed by atoms with Gasteiger partial charge in [-0.2, -0.15) is 0 Å². The number of aliphatic hydroxyl groups is 1. The van der Waals surface area contributed by atoms with Crippen LogP contribution in [0, 0.1) is 17.8 Å². The van der Waals surface area contributed by atoms with Crippen molar-refractivity contribution in [3.8, 4) is 0 Å². The van der Waals surface area contributed by atoms with E-state index in [1.54, 1.807) is 40.9 Å². The Bertz CT molecular complexity index is 1200. The first-order chi connectivity index (χ1) is 17.8. The number of benzene rings is 2. The minimum Gasteiger partial charge on any atom is -0.394 e. The molecule has 7 nitrogen and oxygen atoms in total. The molecule has 196 valence electrons. The van der Waals surface area contributed by atoms with Gasteiger partial charge in [-0.25, -0.2) is 0 Å². The van der Waals surface area contributed by atoms with Gasteiger partial charge in [0, 0.05) is 11.8 Å². The zero-order chi connectivity index (χ0) is 26.3. The normalized spacial score (nSPS) is 30.8. The van der Waals surface area contributed by atoms with Crippen LogP contribution in [0.25, 0.3) is 0 Å². The zero-order valence-electron chi connectivity index (χ0n) is 20.9. The quantitative estimate of drug-likeness (QED) is 0.471. The van der Waals surface area contributed by atoms with Crippen LogP contribution in [0.4, 0.5) is 5.69 Å². The second kappa shape index (κ2) is 10.3. The highest BCUT2D eigenvalue weighted by Gasteiger charge is 2.76. The fourth-order valence-electron chi connectivity index (χ4n) is 6.55. The lowest BCUT2D eigenvalue weighted by Crippen LogP contribution is -2.55. The lowest BCUT2D eigenvalue weighted by molar-refractivity contribution is -0.142. The third kappa shape index (κ3) is 4.14. The maximum atomic E-state index is 14.3. The van der Waals surface area contributed by atoms with Crippen LogP contribution < -0.4 is 10.6 Å². The summed E-state index contributed by atoms with van der Waals surface area (Å²) >= 11 is 7.97. The van der Waals surface area contributed by atoms with Gasteiger partial charge in [-0.15, -0.1) is 11.8 Å². The predicted molar refractivity (Wildman–Crippen MR) is 145 cm³/mol. The molecule has 5 rings (SSSR count). The van der Waals surface area contributed by atoms with Gasteiger partial charge in [0.2, 0.25) is 17.7 Å². The Kier molecular flexibility index (Phi) is 7.27. The number of hydrogen-bond donors (Lipinski definition) is 3. The number of carbonyl (C=O) groups is 3. The monoisotopic (exact) mass is 541 g/mol. The number of aliphatic hydroxyl groups excluding tert-OH is 1. The molecule has 0 aliphatic carbocycles. The lowest BCUT2D eigenvalue weighted by atomic mass is 9.66. The van der Waals surface area contributed by atoms with Crippen molar-refractivity contribution in [1.29, 1.82) is 0 Å². The first kappa shape index (κ1) is 26.1. The second-order valence-electron chi connectivity index (χ2n) is 10.2. The summed E-state index contributed by atoms with van der Waals surface area (Å²) in [5.41, 5.74) is 1.20. The maximum Gasteiger partial charge on any atom is 0.248 e. The van der Waals surface area contributed by atoms with E-state index < -0.39 is 28.7 Å². The van der Waals surface area contributed by atoms with Gasteiger partial charge < -0.3 is 20.6 Å². The first-order valence-corrected chi connectivity index (χ1v) is 14.1. The number of nitrogens with zero attached hydrogens (tertiary/aromatic N) is 1. The summed E-state index contributed by atoms with van der Waals surface area (Å²) in [4.78, 5) is 43.4. The third-order valence-electron chi connectivity index (χ3n) is 8.11. The van der Waals surface area contributed by atoms with Crippen molar-refractivity contribution in [2.24, 2.45) is 17.8 Å². The Hall–Kier alpha value is -2.55. The van der Waals surface area contributed by atoms with E-state index in [2.05, 4.69) is 17.6 Å². The van der Waals surface area contributed by atoms with Crippen molar-refractivity contribution >= 4 is 46.8 Å². The van der Waals surface area contributed by atoms with Gasteiger partial charge in [0.05, 0.1) is 39.9 Å². The van der Waals surface area contributed by atoms with Gasteiger partial charge in [-0.1, -0.05) is 67.9 Å². The first-order valence-electron chi connectivity index (χ1n) is 12.8. The molecule has 3 fully saturated rings. The third-order valence-corrected chi connectivity index (χ3v) is 10.5. The molecule has 9 heteroatoms. The number of halogens is 1. The number of hydrogen-bond acceptors (Lipinski definition) is 5. The molecule has 7 atom stereocenters. The van der Waals surface area contributed by atoms with Crippen molar-refractivity contribution in [2.45, 2.75) is 48.8 Å². The average Bonchev–Trinajstić information content (AvgIpc) is 3.49. The Balaban J connectivity index is 1.61. The van der Waals surface area contributed by atoms with Gasteiger partial charge in [-0.3, -0.25) is 14.4 Å². The number of fused-ring (bicyclic) bond motifs is 1. The van der Waals surface area contributed by atoms with E-state index in [1.165, 1.54) is 0 Å². The van der Waals surface area contributed by atoms with Crippen LogP contribution >= 0.6 is 23.4 Å². The van der Waals surface area contributed by atoms with Gasteiger partial charge in [0.1, 0.15) is 6.04 Å². The smallest absolute Gasteiger partial charge is 0.248 e. The van der Waals surface area contributed by atoms with Gasteiger partial charge >= 0.3 is 0 Å². The van der Waals surface area contributed by atoms with E-state index >= 15 is 0 Å². The number of thioether (sulfide) groups is 1.